The Morgan fingerprint density at radius 1 is 0.933 bits per heavy atom. The standard InChI is InChI=1S/C52H56N2O6/c1-3-31(26-32-8-5-4-6-9-32)27-44-52-23-17-41-45(47(52)50(58)60-44)40-29-37(56)13-14-38(40)34-10-7-11-35(28-34)42(53-2)18-22-51(41)21-16-39-43(59-49(57)46(39)48(51)52)15-12-36(30-55)33-19-24-54-25-20-33/h4-11,13-15,18,22,27-29,31,33,36,41-42,48,53-56H,3,12,16-17,19-21,23-26,30H2,1-2H3/t31-,36+,41+,42-,48-,51-,52-/m0/s1. The van der Waals surface area contributed by atoms with Gasteiger partial charge in [-0.3, -0.25) is 0 Å². The zero-order valence-electron chi connectivity index (χ0n) is 34.7. The molecule has 3 aliphatic heterocycles. The number of rotatable bonds is 9. The molecule has 0 radical (unpaired) electrons. The quantitative estimate of drug-likeness (QED) is 0.125. The summed E-state index contributed by atoms with van der Waals surface area (Å²) < 4.78 is 13.0. The molecule has 7 atom stereocenters. The van der Waals surface area contributed by atoms with Crippen LogP contribution in [0.3, 0.4) is 0 Å². The number of carbonyl (C=O) groups is 2. The fourth-order valence-corrected chi connectivity index (χ4v) is 12.6. The number of piperidine rings is 1. The number of allylic oxidation sites excluding steroid dienone is 6. The van der Waals surface area contributed by atoms with Gasteiger partial charge in [0.25, 0.3) is 0 Å². The number of aromatic hydroxyl groups is 1. The summed E-state index contributed by atoms with van der Waals surface area (Å²) in [4.78, 5) is 29.8. The van der Waals surface area contributed by atoms with Crippen molar-refractivity contribution in [3.8, 4) is 16.9 Å². The maximum atomic E-state index is 15.0. The lowest BCUT2D eigenvalue weighted by Crippen LogP contribution is -2.58. The summed E-state index contributed by atoms with van der Waals surface area (Å²) in [5, 5.41) is 28.8. The number of carbonyl (C=O) groups excluding carboxylic acids is 2. The van der Waals surface area contributed by atoms with Crippen LogP contribution in [0.1, 0.15) is 81.0 Å². The van der Waals surface area contributed by atoms with Crippen LogP contribution < -0.4 is 10.6 Å². The Hall–Kier alpha value is -5.02. The molecule has 3 heterocycles. The second kappa shape index (κ2) is 15.5. The SMILES string of the molecule is CC[C@H](C=C1OC(=O)C2=C3c4cc(O)ccc4-c4cccc(c4)[C@@H](NC)C=C[C@]45CCC6=C(C(=O)OC6=CC[C@H](CO)C6CCNCC6)[C@@H]4[C@@]12CC[C@H]35)Cc1ccccc1. The number of hydrogen-bond acceptors (Lipinski definition) is 8. The molecule has 2 spiro atoms. The molecule has 1 saturated carbocycles. The second-order valence-corrected chi connectivity index (χ2v) is 18.3. The number of ether oxygens (including phenoxy) is 2. The van der Waals surface area contributed by atoms with Crippen LogP contribution in [0.4, 0.5) is 0 Å². The molecular weight excluding hydrogens is 749 g/mol. The Kier molecular flexibility index (Phi) is 10.1. The van der Waals surface area contributed by atoms with E-state index in [2.05, 4.69) is 90.4 Å². The molecular formula is C52H56N2O6. The van der Waals surface area contributed by atoms with E-state index in [9.17, 15) is 15.0 Å². The molecule has 0 amide bonds. The van der Waals surface area contributed by atoms with E-state index in [4.69, 9.17) is 9.47 Å². The van der Waals surface area contributed by atoms with Crippen LogP contribution in [0.2, 0.25) is 0 Å². The van der Waals surface area contributed by atoms with Crippen molar-refractivity contribution in [2.24, 2.45) is 40.4 Å². The number of likely N-dealkylation sites (N-methyl/N-ethyl adjacent to an activating group) is 1. The van der Waals surface area contributed by atoms with Crippen LogP contribution in [-0.4, -0.2) is 48.9 Å². The summed E-state index contributed by atoms with van der Waals surface area (Å²) >= 11 is 0. The Labute approximate surface area is 353 Å². The highest BCUT2D eigenvalue weighted by atomic mass is 16.5. The Morgan fingerprint density at radius 3 is 2.55 bits per heavy atom. The molecule has 0 unspecified atom stereocenters. The van der Waals surface area contributed by atoms with Crippen molar-refractivity contribution in [1.29, 1.82) is 0 Å². The highest BCUT2D eigenvalue weighted by Crippen LogP contribution is 2.77. The van der Waals surface area contributed by atoms with E-state index in [1.807, 2.05) is 25.2 Å². The van der Waals surface area contributed by atoms with Crippen molar-refractivity contribution in [3.05, 3.63) is 142 Å². The first kappa shape index (κ1) is 39.1. The Bertz CT molecular complexity index is 2380. The van der Waals surface area contributed by atoms with E-state index in [1.54, 1.807) is 6.07 Å². The molecule has 5 aliphatic carbocycles. The van der Waals surface area contributed by atoms with Crippen molar-refractivity contribution in [1.82, 2.24) is 10.6 Å². The maximum Gasteiger partial charge on any atom is 0.340 e. The Morgan fingerprint density at radius 2 is 1.77 bits per heavy atom. The molecule has 6 bridgehead atoms. The first-order chi connectivity index (χ1) is 29.3. The van der Waals surface area contributed by atoms with Crippen LogP contribution in [0.25, 0.3) is 16.7 Å². The van der Waals surface area contributed by atoms with E-state index >= 15 is 4.79 Å². The van der Waals surface area contributed by atoms with Crippen molar-refractivity contribution >= 4 is 17.5 Å². The highest BCUT2D eigenvalue weighted by Gasteiger charge is 2.73. The third kappa shape index (κ3) is 6.12. The van der Waals surface area contributed by atoms with Gasteiger partial charge in [0, 0.05) is 29.1 Å². The van der Waals surface area contributed by atoms with Gasteiger partial charge in [-0.25, -0.2) is 9.59 Å². The summed E-state index contributed by atoms with van der Waals surface area (Å²) in [6, 6.07) is 24.4. The largest absolute Gasteiger partial charge is 0.508 e. The highest BCUT2D eigenvalue weighted by molar-refractivity contribution is 6.08. The smallest absolute Gasteiger partial charge is 0.340 e. The first-order valence-corrected chi connectivity index (χ1v) is 22.3. The minimum Gasteiger partial charge on any atom is -0.508 e. The number of benzene rings is 3. The van der Waals surface area contributed by atoms with Crippen LogP contribution >= 0.6 is 0 Å². The molecule has 2 saturated heterocycles. The molecule has 3 aromatic rings. The van der Waals surface area contributed by atoms with Gasteiger partial charge in [0.15, 0.2) is 0 Å². The maximum absolute atomic E-state index is 15.0. The van der Waals surface area contributed by atoms with Crippen molar-refractivity contribution in [2.75, 3.05) is 26.7 Å². The third-order valence-electron chi connectivity index (χ3n) is 15.5. The normalized spacial score (nSPS) is 30.4. The average molecular weight is 805 g/mol. The van der Waals surface area contributed by atoms with Gasteiger partial charge in [-0.2, -0.15) is 0 Å². The number of cyclic esters (lactones) is 2. The van der Waals surface area contributed by atoms with Gasteiger partial charge in [0.05, 0.1) is 17.0 Å². The fourth-order valence-electron chi connectivity index (χ4n) is 12.6. The molecule has 4 N–H and O–H groups in total. The second-order valence-electron chi connectivity index (χ2n) is 18.3. The molecule has 8 nitrogen and oxygen atoms in total. The van der Waals surface area contributed by atoms with Gasteiger partial charge in [-0.1, -0.05) is 73.7 Å². The minimum atomic E-state index is -0.946. The van der Waals surface area contributed by atoms with Crippen LogP contribution in [0.5, 0.6) is 5.75 Å². The van der Waals surface area contributed by atoms with Gasteiger partial charge in [-0.05, 0) is 165 Å². The van der Waals surface area contributed by atoms with E-state index < -0.39 is 16.7 Å². The lowest BCUT2D eigenvalue weighted by molar-refractivity contribution is -0.135. The van der Waals surface area contributed by atoms with Crippen LogP contribution in [0, 0.1) is 40.4 Å². The Balaban J connectivity index is 1.22. The van der Waals surface area contributed by atoms with Crippen molar-refractivity contribution < 1.29 is 29.3 Å². The molecule has 11 rings (SSSR count). The number of aliphatic hydroxyl groups excluding tert-OH is 1. The molecule has 8 heteroatoms. The number of phenols is 1. The van der Waals surface area contributed by atoms with Crippen molar-refractivity contribution in [2.45, 2.75) is 70.8 Å². The zero-order valence-corrected chi connectivity index (χ0v) is 34.7. The minimum absolute atomic E-state index is 0.0824. The van der Waals surface area contributed by atoms with Crippen LogP contribution in [0.15, 0.2) is 125 Å². The topological polar surface area (TPSA) is 117 Å². The van der Waals surface area contributed by atoms with Gasteiger partial charge in [-0.15, -0.1) is 0 Å². The fraction of sp³-hybridized carbons (Fsp3) is 0.423. The summed E-state index contributed by atoms with van der Waals surface area (Å²) in [5.41, 5.74) is 6.79. The number of fused-ring (bicyclic) bond motifs is 5. The number of hydrogen-bond donors (Lipinski definition) is 4. The van der Waals surface area contributed by atoms with E-state index in [1.165, 1.54) is 5.56 Å². The van der Waals surface area contributed by atoms with E-state index in [0.717, 1.165) is 85.0 Å². The monoisotopic (exact) mass is 804 g/mol. The lowest BCUT2D eigenvalue weighted by Gasteiger charge is -2.62. The van der Waals surface area contributed by atoms with E-state index in [-0.39, 0.29) is 48.1 Å². The van der Waals surface area contributed by atoms with Crippen molar-refractivity contribution in [3.63, 3.8) is 0 Å². The number of aliphatic hydroxyl groups is 1. The van der Waals surface area contributed by atoms with Gasteiger partial charge in [0.2, 0.25) is 0 Å². The predicted molar refractivity (Wildman–Crippen MR) is 232 cm³/mol. The summed E-state index contributed by atoms with van der Waals surface area (Å²) in [7, 11) is 1.98. The predicted octanol–water partition coefficient (Wildman–Crippen LogP) is 8.89. The zero-order chi connectivity index (χ0) is 41.2. The number of phenolic OH excluding ortho intramolecular Hbond substituents is 1. The van der Waals surface area contributed by atoms with E-state index in [0.29, 0.717) is 47.8 Å². The molecule has 8 aliphatic rings. The summed E-state index contributed by atoms with van der Waals surface area (Å²) in [6.45, 7) is 4.17. The lowest BCUT2D eigenvalue weighted by atomic mass is 9.38. The molecule has 310 valence electrons. The number of esters is 2. The summed E-state index contributed by atoms with van der Waals surface area (Å²) in [5.74, 6) is 0.724. The van der Waals surface area contributed by atoms with Crippen LogP contribution in [-0.2, 0) is 25.5 Å². The third-order valence-corrected chi connectivity index (χ3v) is 15.5. The van der Waals surface area contributed by atoms with Gasteiger partial charge < -0.3 is 30.3 Å². The molecule has 3 aromatic carbocycles. The molecule has 0 aromatic heterocycles. The van der Waals surface area contributed by atoms with Gasteiger partial charge >= 0.3 is 11.9 Å². The average Bonchev–Trinajstić information content (AvgIpc) is 3.75. The number of nitrogens with one attached hydrogen (secondary N) is 2. The summed E-state index contributed by atoms with van der Waals surface area (Å²) in [6.07, 6.45) is 16.1. The molecule has 60 heavy (non-hydrogen) atoms. The van der Waals surface area contributed by atoms with Gasteiger partial charge in [0.1, 0.15) is 17.3 Å². The first-order valence-electron chi connectivity index (χ1n) is 22.3. The molecule has 3 fully saturated rings.